The summed E-state index contributed by atoms with van der Waals surface area (Å²) in [4.78, 5) is 23.8. The van der Waals surface area contributed by atoms with Crippen LogP contribution in [0.15, 0.2) is 24.3 Å². The molecule has 0 unspecified atom stereocenters. The summed E-state index contributed by atoms with van der Waals surface area (Å²) in [6, 6.07) is 6.66. The first-order valence-electron chi connectivity index (χ1n) is 6.75. The molecule has 0 spiro atoms. The fourth-order valence-electron chi connectivity index (χ4n) is 2.45. The maximum Gasteiger partial charge on any atom is 0.336 e. The molecule has 21 heavy (non-hydrogen) atoms. The lowest BCUT2D eigenvalue weighted by molar-refractivity contribution is 0.0698. The van der Waals surface area contributed by atoms with Crippen LogP contribution >= 0.6 is 11.3 Å². The first-order valence-corrected chi connectivity index (χ1v) is 7.56. The van der Waals surface area contributed by atoms with E-state index in [4.69, 9.17) is 10.2 Å². The summed E-state index contributed by atoms with van der Waals surface area (Å²) in [6.07, 6.45) is 0.951. The smallest absolute Gasteiger partial charge is 0.336 e. The van der Waals surface area contributed by atoms with Gasteiger partial charge >= 0.3 is 5.97 Å². The molecule has 6 heteroatoms. The molecule has 1 saturated carbocycles. The first kappa shape index (κ1) is 14.0. The molecular formula is C15H15NO4S. The van der Waals surface area contributed by atoms with Crippen LogP contribution in [0.2, 0.25) is 0 Å². The topological polar surface area (TPSA) is 86.6 Å². The Kier molecular flexibility index (Phi) is 3.65. The molecule has 1 aromatic heterocycles. The largest absolute Gasteiger partial charge is 0.478 e. The van der Waals surface area contributed by atoms with Crippen LogP contribution in [0.3, 0.4) is 0 Å². The maximum atomic E-state index is 12.1. The normalized spacial score (nSPS) is 20.4. The van der Waals surface area contributed by atoms with Gasteiger partial charge in [-0.05, 0) is 36.5 Å². The third-order valence-corrected chi connectivity index (χ3v) is 4.94. The van der Waals surface area contributed by atoms with Gasteiger partial charge in [-0.1, -0.05) is 6.07 Å². The molecule has 1 fully saturated rings. The van der Waals surface area contributed by atoms with Gasteiger partial charge in [0.15, 0.2) is 0 Å². The van der Waals surface area contributed by atoms with Crippen molar-refractivity contribution in [3.63, 3.8) is 0 Å². The molecule has 0 radical (unpaired) electrons. The van der Waals surface area contributed by atoms with E-state index in [0.29, 0.717) is 28.6 Å². The molecule has 2 aromatic rings. The summed E-state index contributed by atoms with van der Waals surface area (Å²) < 4.78 is 0.791. The molecule has 0 aliphatic heterocycles. The first-order chi connectivity index (χ1) is 10.1. The van der Waals surface area contributed by atoms with Crippen LogP contribution in [0.25, 0.3) is 10.1 Å². The second-order valence-corrected chi connectivity index (χ2v) is 6.37. The van der Waals surface area contributed by atoms with E-state index in [1.807, 2.05) is 6.07 Å². The summed E-state index contributed by atoms with van der Waals surface area (Å²) in [7, 11) is 0. The van der Waals surface area contributed by atoms with Crippen molar-refractivity contribution in [3.8, 4) is 0 Å². The van der Waals surface area contributed by atoms with Crippen molar-refractivity contribution >= 4 is 33.3 Å². The average molecular weight is 305 g/mol. The van der Waals surface area contributed by atoms with Crippen molar-refractivity contribution in [1.82, 2.24) is 5.32 Å². The van der Waals surface area contributed by atoms with Gasteiger partial charge in [-0.2, -0.15) is 0 Å². The number of carboxylic acid groups (broad SMARTS) is 1. The molecule has 3 rings (SSSR count). The van der Waals surface area contributed by atoms with Crippen molar-refractivity contribution in [2.24, 2.45) is 11.8 Å². The van der Waals surface area contributed by atoms with Gasteiger partial charge in [-0.15, -0.1) is 11.3 Å². The fraction of sp³-hybridized carbons (Fsp3) is 0.333. The number of benzene rings is 1. The predicted molar refractivity (Wildman–Crippen MR) is 79.8 cm³/mol. The highest BCUT2D eigenvalue weighted by Crippen LogP contribution is 2.37. The Labute approximate surface area is 125 Å². The number of nitrogens with one attached hydrogen (secondary N) is 1. The molecular weight excluding hydrogens is 290 g/mol. The van der Waals surface area contributed by atoms with Gasteiger partial charge in [0.25, 0.3) is 5.91 Å². The van der Waals surface area contributed by atoms with E-state index in [1.165, 1.54) is 17.4 Å². The van der Waals surface area contributed by atoms with Crippen molar-refractivity contribution in [2.45, 2.75) is 6.42 Å². The van der Waals surface area contributed by atoms with Crippen LogP contribution in [0.1, 0.15) is 26.5 Å². The van der Waals surface area contributed by atoms with E-state index in [9.17, 15) is 9.59 Å². The Morgan fingerprint density at radius 2 is 2.14 bits per heavy atom. The maximum absolute atomic E-state index is 12.1. The molecule has 1 amide bonds. The van der Waals surface area contributed by atoms with Crippen molar-refractivity contribution in [1.29, 1.82) is 0 Å². The average Bonchev–Trinajstić information content (AvgIpc) is 3.10. The fourth-order valence-corrected chi connectivity index (χ4v) is 3.46. The number of amides is 1. The number of hydrogen-bond acceptors (Lipinski definition) is 4. The summed E-state index contributed by atoms with van der Waals surface area (Å²) in [5, 5.41) is 21.6. The third kappa shape index (κ3) is 2.77. The molecule has 1 heterocycles. The summed E-state index contributed by atoms with van der Waals surface area (Å²) in [6.45, 7) is 0.732. The van der Waals surface area contributed by atoms with Crippen molar-refractivity contribution in [3.05, 3.63) is 34.7 Å². The Balaban J connectivity index is 1.76. The lowest BCUT2D eigenvalue weighted by Crippen LogP contribution is -2.25. The van der Waals surface area contributed by atoms with E-state index in [0.717, 1.165) is 11.1 Å². The number of carbonyl (C=O) groups excluding carboxylic acids is 1. The molecule has 1 aliphatic carbocycles. The number of aliphatic hydroxyl groups is 1. The highest BCUT2D eigenvalue weighted by Gasteiger charge is 2.36. The number of fused-ring (bicyclic) bond motifs is 1. The highest BCUT2D eigenvalue weighted by atomic mass is 32.1. The Bertz CT molecular complexity index is 709. The van der Waals surface area contributed by atoms with Crippen LogP contribution in [-0.2, 0) is 0 Å². The summed E-state index contributed by atoms with van der Waals surface area (Å²) in [5.41, 5.74) is 0.213. The molecule has 0 bridgehead atoms. The Morgan fingerprint density at radius 1 is 1.33 bits per heavy atom. The zero-order valence-corrected chi connectivity index (χ0v) is 12.0. The summed E-state index contributed by atoms with van der Waals surface area (Å²) >= 11 is 1.29. The van der Waals surface area contributed by atoms with Crippen LogP contribution in [0, 0.1) is 11.8 Å². The zero-order chi connectivity index (χ0) is 15.0. The number of aliphatic hydroxyl groups excluding tert-OH is 1. The van der Waals surface area contributed by atoms with Crippen LogP contribution in [0.5, 0.6) is 0 Å². The highest BCUT2D eigenvalue weighted by molar-refractivity contribution is 7.20. The van der Waals surface area contributed by atoms with E-state index in [2.05, 4.69) is 5.32 Å². The monoisotopic (exact) mass is 305 g/mol. The number of thiophene rings is 1. The molecule has 1 aliphatic rings. The van der Waals surface area contributed by atoms with Gasteiger partial charge in [0.05, 0.1) is 10.4 Å². The van der Waals surface area contributed by atoms with Gasteiger partial charge in [0.1, 0.15) is 0 Å². The standard InChI is InChI=1S/C15H15NO4S/c17-7-9-4-8(9)6-16-14(18)13-5-11-10(15(19)20)2-1-3-12(11)21-13/h1-3,5,8-9,17H,4,6-7H2,(H,16,18)(H,19,20)/t8-,9+/m1/s1. The number of carboxylic acids is 1. The van der Waals surface area contributed by atoms with Gasteiger partial charge in [0, 0.05) is 23.2 Å². The zero-order valence-electron chi connectivity index (χ0n) is 11.2. The minimum Gasteiger partial charge on any atom is -0.478 e. The predicted octanol–water partition coefficient (Wildman–Crippen LogP) is 1.96. The quantitative estimate of drug-likeness (QED) is 0.788. The van der Waals surface area contributed by atoms with E-state index in [1.54, 1.807) is 12.1 Å². The van der Waals surface area contributed by atoms with Crippen LogP contribution in [0.4, 0.5) is 0 Å². The van der Waals surface area contributed by atoms with Gasteiger partial charge < -0.3 is 15.5 Å². The SMILES string of the molecule is O=C(NC[C@H]1C[C@H]1CO)c1cc2c(C(=O)O)cccc2s1. The van der Waals surface area contributed by atoms with E-state index in [-0.39, 0.29) is 18.1 Å². The third-order valence-electron chi connectivity index (χ3n) is 3.84. The molecule has 110 valence electrons. The Morgan fingerprint density at radius 3 is 2.81 bits per heavy atom. The lowest BCUT2D eigenvalue weighted by atomic mass is 10.1. The van der Waals surface area contributed by atoms with E-state index >= 15 is 0 Å². The molecule has 3 N–H and O–H groups in total. The van der Waals surface area contributed by atoms with Crippen molar-refractivity contribution in [2.75, 3.05) is 13.2 Å². The van der Waals surface area contributed by atoms with E-state index < -0.39 is 5.97 Å². The number of hydrogen-bond donors (Lipinski definition) is 3. The molecule has 5 nitrogen and oxygen atoms in total. The Hall–Kier alpha value is -1.92. The number of rotatable bonds is 5. The second kappa shape index (κ2) is 5.46. The van der Waals surface area contributed by atoms with Crippen LogP contribution in [-0.4, -0.2) is 35.2 Å². The summed E-state index contributed by atoms with van der Waals surface area (Å²) in [5.74, 6) is -0.500. The minimum absolute atomic E-state index is 0.172. The molecule has 0 saturated heterocycles. The van der Waals surface area contributed by atoms with Crippen LogP contribution < -0.4 is 5.32 Å². The second-order valence-electron chi connectivity index (χ2n) is 5.28. The molecule has 1 aromatic carbocycles. The lowest BCUT2D eigenvalue weighted by Gasteiger charge is -2.01. The van der Waals surface area contributed by atoms with Gasteiger partial charge in [-0.3, -0.25) is 4.79 Å². The number of carbonyl (C=O) groups is 2. The molecule has 2 atom stereocenters. The minimum atomic E-state index is -0.992. The number of aromatic carboxylic acids is 1. The van der Waals surface area contributed by atoms with Gasteiger partial charge in [-0.25, -0.2) is 4.79 Å². The van der Waals surface area contributed by atoms with Crippen molar-refractivity contribution < 1.29 is 19.8 Å². The van der Waals surface area contributed by atoms with Gasteiger partial charge in [0.2, 0.25) is 0 Å².